The topological polar surface area (TPSA) is 96.0 Å². The minimum absolute atomic E-state index is 0.180. The second kappa shape index (κ2) is 10.8. The number of benzene rings is 2. The number of ether oxygens (including phenoxy) is 4. The van der Waals surface area contributed by atoms with Crippen LogP contribution >= 0.6 is 0 Å². The van der Waals surface area contributed by atoms with E-state index < -0.39 is 0 Å². The second-order valence-electron chi connectivity index (χ2n) is 6.74. The number of nitrogens with one attached hydrogen (secondary N) is 1. The van der Waals surface area contributed by atoms with E-state index in [1.807, 2.05) is 0 Å². The van der Waals surface area contributed by atoms with Crippen LogP contribution in [0.1, 0.15) is 26.4 Å². The Bertz CT molecular complexity index is 1150. The molecule has 170 valence electrons. The lowest BCUT2D eigenvalue weighted by molar-refractivity contribution is 0.0957. The summed E-state index contributed by atoms with van der Waals surface area (Å²) < 4.78 is 21.7. The molecule has 0 saturated carbocycles. The summed E-state index contributed by atoms with van der Waals surface area (Å²) in [6.07, 6.45) is 4.63. The second-order valence-corrected chi connectivity index (χ2v) is 6.74. The molecule has 3 rings (SSSR count). The zero-order valence-electron chi connectivity index (χ0n) is 18.7. The normalized spacial score (nSPS) is 10.5. The Kier molecular flexibility index (Phi) is 7.64. The molecule has 0 unspecified atom stereocenters. The molecule has 0 aliphatic rings. The molecule has 2 aromatic carbocycles. The molecule has 0 radical (unpaired) electrons. The average Bonchev–Trinajstić information content (AvgIpc) is 2.86. The third-order valence-electron chi connectivity index (χ3n) is 4.68. The van der Waals surface area contributed by atoms with Crippen LogP contribution < -0.4 is 24.3 Å². The average molecular weight is 448 g/mol. The summed E-state index contributed by atoms with van der Waals surface area (Å²) in [6, 6.07) is 13.4. The molecule has 0 saturated heterocycles. The van der Waals surface area contributed by atoms with Crippen molar-refractivity contribution in [2.24, 2.45) is 0 Å². The molecule has 1 aromatic heterocycles. The molecule has 1 N–H and O–H groups in total. The molecule has 0 fully saturated rings. The highest BCUT2D eigenvalue weighted by molar-refractivity contribution is 6.06. The fourth-order valence-corrected chi connectivity index (χ4v) is 3.02. The molecule has 3 aromatic rings. The van der Waals surface area contributed by atoms with Crippen LogP contribution in [-0.4, -0.2) is 45.1 Å². The van der Waals surface area contributed by atoms with Gasteiger partial charge in [-0.3, -0.25) is 14.6 Å². The molecule has 8 nitrogen and oxygen atoms in total. The van der Waals surface area contributed by atoms with Gasteiger partial charge in [0.15, 0.2) is 17.3 Å². The van der Waals surface area contributed by atoms with E-state index in [4.69, 9.17) is 18.9 Å². The van der Waals surface area contributed by atoms with E-state index >= 15 is 0 Å². The van der Waals surface area contributed by atoms with Gasteiger partial charge in [-0.05, 0) is 54.1 Å². The minimum Gasteiger partial charge on any atom is -0.493 e. The van der Waals surface area contributed by atoms with Crippen LogP contribution in [-0.2, 0) is 0 Å². The van der Waals surface area contributed by atoms with Crippen LogP contribution in [0.3, 0.4) is 0 Å². The van der Waals surface area contributed by atoms with Gasteiger partial charge in [-0.15, -0.1) is 0 Å². The molecule has 0 aliphatic heterocycles. The van der Waals surface area contributed by atoms with Gasteiger partial charge in [0, 0.05) is 24.9 Å². The van der Waals surface area contributed by atoms with Gasteiger partial charge in [0.1, 0.15) is 17.2 Å². The SMILES string of the molecule is CNC(=O)c1cc(Oc2ccc(C(=O)/C=C/c3cc(OC)c(OC)c(OC)c3)cc2)ccn1. The van der Waals surface area contributed by atoms with Crippen molar-refractivity contribution in [2.75, 3.05) is 28.4 Å². The quantitative estimate of drug-likeness (QED) is 0.388. The number of rotatable bonds is 9. The van der Waals surface area contributed by atoms with Crippen LogP contribution in [0.25, 0.3) is 6.08 Å². The largest absolute Gasteiger partial charge is 0.493 e. The highest BCUT2D eigenvalue weighted by Crippen LogP contribution is 2.38. The van der Waals surface area contributed by atoms with E-state index in [-0.39, 0.29) is 17.4 Å². The van der Waals surface area contributed by atoms with Gasteiger partial charge >= 0.3 is 0 Å². The predicted molar refractivity (Wildman–Crippen MR) is 124 cm³/mol. The van der Waals surface area contributed by atoms with Gasteiger partial charge < -0.3 is 24.3 Å². The molecule has 0 aliphatic carbocycles. The summed E-state index contributed by atoms with van der Waals surface area (Å²) in [5, 5.41) is 2.51. The Morgan fingerprint density at radius 2 is 1.55 bits per heavy atom. The lowest BCUT2D eigenvalue weighted by Gasteiger charge is -2.12. The highest BCUT2D eigenvalue weighted by Gasteiger charge is 2.12. The van der Waals surface area contributed by atoms with Gasteiger partial charge in [0.25, 0.3) is 5.91 Å². The summed E-state index contributed by atoms with van der Waals surface area (Å²) in [5.74, 6) is 1.98. The van der Waals surface area contributed by atoms with Crippen molar-refractivity contribution in [1.29, 1.82) is 0 Å². The van der Waals surface area contributed by atoms with Crippen molar-refractivity contribution in [2.45, 2.75) is 0 Å². The molecule has 0 atom stereocenters. The maximum atomic E-state index is 12.6. The molecule has 0 bridgehead atoms. The van der Waals surface area contributed by atoms with Gasteiger partial charge in [-0.1, -0.05) is 6.08 Å². The summed E-state index contributed by atoms with van der Waals surface area (Å²) in [4.78, 5) is 28.3. The number of carbonyl (C=O) groups excluding carboxylic acids is 2. The zero-order chi connectivity index (χ0) is 23.8. The maximum Gasteiger partial charge on any atom is 0.269 e. The number of amides is 1. The Morgan fingerprint density at radius 3 is 2.12 bits per heavy atom. The van der Waals surface area contributed by atoms with E-state index in [9.17, 15) is 9.59 Å². The predicted octanol–water partition coefficient (Wildman–Crippen LogP) is 4.16. The first-order chi connectivity index (χ1) is 16.0. The fraction of sp³-hybridized carbons (Fsp3) is 0.160. The summed E-state index contributed by atoms with van der Waals surface area (Å²) >= 11 is 0. The van der Waals surface area contributed by atoms with Gasteiger partial charge in [0.2, 0.25) is 5.75 Å². The van der Waals surface area contributed by atoms with E-state index in [1.165, 1.54) is 46.7 Å². The number of allylic oxidation sites excluding steroid dienone is 1. The first-order valence-corrected chi connectivity index (χ1v) is 9.97. The number of hydrogen-bond donors (Lipinski definition) is 1. The summed E-state index contributed by atoms with van der Waals surface area (Å²) in [6.45, 7) is 0. The van der Waals surface area contributed by atoms with Crippen molar-refractivity contribution >= 4 is 17.8 Å². The number of ketones is 1. The first-order valence-electron chi connectivity index (χ1n) is 9.97. The van der Waals surface area contributed by atoms with Gasteiger partial charge in [-0.2, -0.15) is 0 Å². The molecule has 33 heavy (non-hydrogen) atoms. The smallest absolute Gasteiger partial charge is 0.269 e. The Hall–Kier alpha value is -4.33. The lowest BCUT2D eigenvalue weighted by Crippen LogP contribution is -2.18. The highest BCUT2D eigenvalue weighted by atomic mass is 16.5. The van der Waals surface area contributed by atoms with Gasteiger partial charge in [-0.25, -0.2) is 0 Å². The third-order valence-corrected chi connectivity index (χ3v) is 4.68. The van der Waals surface area contributed by atoms with Gasteiger partial charge in [0.05, 0.1) is 21.3 Å². The number of aromatic nitrogens is 1. The molecule has 8 heteroatoms. The van der Waals surface area contributed by atoms with Crippen LogP contribution in [0.2, 0.25) is 0 Å². The van der Waals surface area contributed by atoms with E-state index in [2.05, 4.69) is 10.3 Å². The zero-order valence-corrected chi connectivity index (χ0v) is 18.7. The Morgan fingerprint density at radius 1 is 0.879 bits per heavy atom. The van der Waals surface area contributed by atoms with Crippen LogP contribution in [0.5, 0.6) is 28.7 Å². The summed E-state index contributed by atoms with van der Waals surface area (Å²) in [7, 11) is 6.13. The minimum atomic E-state index is -0.305. The van der Waals surface area contributed by atoms with Crippen LogP contribution in [0.4, 0.5) is 0 Å². The number of methoxy groups -OCH3 is 3. The molecular formula is C25H24N2O6. The van der Waals surface area contributed by atoms with Crippen molar-refractivity contribution in [3.8, 4) is 28.7 Å². The monoisotopic (exact) mass is 448 g/mol. The number of nitrogens with zero attached hydrogens (tertiary/aromatic N) is 1. The van der Waals surface area contributed by atoms with Crippen LogP contribution in [0.15, 0.2) is 60.8 Å². The molecular weight excluding hydrogens is 424 g/mol. The first kappa shape index (κ1) is 23.3. The van der Waals surface area contributed by atoms with E-state index in [0.717, 1.165) is 5.56 Å². The van der Waals surface area contributed by atoms with Crippen molar-refractivity contribution in [3.05, 3.63) is 77.6 Å². The number of pyridine rings is 1. The molecule has 1 amide bonds. The van der Waals surface area contributed by atoms with Crippen molar-refractivity contribution in [1.82, 2.24) is 10.3 Å². The summed E-state index contributed by atoms with van der Waals surface area (Å²) in [5.41, 5.74) is 1.47. The lowest BCUT2D eigenvalue weighted by atomic mass is 10.1. The third kappa shape index (κ3) is 5.68. The maximum absolute atomic E-state index is 12.6. The Labute approximate surface area is 191 Å². The number of hydrogen-bond acceptors (Lipinski definition) is 7. The fourth-order valence-electron chi connectivity index (χ4n) is 3.02. The Balaban J connectivity index is 1.72. The molecule has 1 heterocycles. The van der Waals surface area contributed by atoms with Crippen molar-refractivity contribution < 1.29 is 28.5 Å². The number of carbonyl (C=O) groups is 2. The standard InChI is InChI=1S/C25H24N2O6/c1-26-25(29)20-15-19(11-12-27-20)33-18-8-6-17(7-9-18)21(28)10-5-16-13-22(30-2)24(32-4)23(14-16)31-3/h5-15H,1-4H3,(H,26,29)/b10-5+. The molecule has 0 spiro atoms. The van der Waals surface area contributed by atoms with Crippen LogP contribution in [0, 0.1) is 0 Å². The van der Waals surface area contributed by atoms with E-state index in [0.29, 0.717) is 34.3 Å². The van der Waals surface area contributed by atoms with E-state index in [1.54, 1.807) is 48.5 Å². The van der Waals surface area contributed by atoms with Crippen molar-refractivity contribution in [3.63, 3.8) is 0 Å².